The van der Waals surface area contributed by atoms with Crippen LogP contribution in [0.15, 0.2) is 95.5 Å². The normalized spacial score (nSPS) is 8.65. The Balaban J connectivity index is -0.00000115. The molecule has 0 N–H and O–H groups in total. The van der Waals surface area contributed by atoms with Crippen molar-refractivity contribution in [2.24, 2.45) is 0 Å². The summed E-state index contributed by atoms with van der Waals surface area (Å²) in [5, 5.41) is 0. The van der Waals surface area contributed by atoms with Gasteiger partial charge in [-0.2, -0.15) is 0 Å². The molecule has 46 heavy (non-hydrogen) atoms. The van der Waals surface area contributed by atoms with Gasteiger partial charge in [-0.05, 0) is 60.7 Å². The first-order valence-electron chi connectivity index (χ1n) is 17.2. The number of halogens is 1. The maximum Gasteiger partial charge on any atom is 0.213 e. The summed E-state index contributed by atoms with van der Waals surface area (Å²) in [6, 6.07) is 31.2. The molecule has 0 aliphatic heterocycles. The summed E-state index contributed by atoms with van der Waals surface area (Å²) in [5.74, 6) is 0.654. The van der Waals surface area contributed by atoms with E-state index < -0.39 is 0 Å². The molecule has 1 heterocycles. The minimum atomic E-state index is 0.507. The topological polar surface area (TPSA) is 42.4 Å². The lowest BCUT2D eigenvalue weighted by Crippen LogP contribution is -2.15. The molecule has 0 fully saturated rings. The Morgan fingerprint density at radius 2 is 1.17 bits per heavy atom. The molecule has 256 valence electrons. The highest BCUT2D eigenvalue weighted by atomic mass is 79.9. The summed E-state index contributed by atoms with van der Waals surface area (Å²) >= 11 is 3.57. The van der Waals surface area contributed by atoms with Crippen molar-refractivity contribution in [2.75, 3.05) is 11.9 Å². The minimum absolute atomic E-state index is 0.507. The highest BCUT2D eigenvalue weighted by Gasteiger charge is 2.15. The fourth-order valence-corrected chi connectivity index (χ4v) is 4.28. The number of carbonyl (C=O) groups excluding carboxylic acids is 1. The van der Waals surface area contributed by atoms with E-state index in [9.17, 15) is 4.79 Å². The SMILES string of the molecule is CC.CC.CC.CC.CC.CCC=O.Cc1cc(Br)ccc1N(C)c1ccc(OCc2ccccc2)nc1CCc1ccccc1. The molecular formula is C41H63BrN2O2. The third-order valence-corrected chi connectivity index (χ3v) is 6.19. The molecule has 0 aliphatic rings. The zero-order valence-corrected chi connectivity index (χ0v) is 32.7. The molecule has 0 amide bonds. The number of nitrogens with zero attached hydrogens (tertiary/aromatic N) is 2. The molecule has 4 rings (SSSR count). The minimum Gasteiger partial charge on any atom is -0.473 e. The maximum atomic E-state index is 9.17. The number of hydrogen-bond donors (Lipinski definition) is 0. The average Bonchev–Trinajstić information content (AvgIpc) is 3.15. The predicted molar refractivity (Wildman–Crippen MR) is 209 cm³/mol. The van der Waals surface area contributed by atoms with Crippen LogP contribution in [0.3, 0.4) is 0 Å². The van der Waals surface area contributed by atoms with Gasteiger partial charge in [-0.3, -0.25) is 0 Å². The van der Waals surface area contributed by atoms with E-state index in [0.29, 0.717) is 18.9 Å². The Labute approximate surface area is 291 Å². The van der Waals surface area contributed by atoms with Gasteiger partial charge in [-0.15, -0.1) is 0 Å². The summed E-state index contributed by atoms with van der Waals surface area (Å²) < 4.78 is 7.11. The molecule has 0 atom stereocenters. The summed E-state index contributed by atoms with van der Waals surface area (Å²) in [4.78, 5) is 16.3. The van der Waals surface area contributed by atoms with Crippen LogP contribution in [0.2, 0.25) is 0 Å². The first kappa shape index (κ1) is 47.0. The van der Waals surface area contributed by atoms with Gasteiger partial charge in [0.05, 0.1) is 11.4 Å². The fourth-order valence-electron chi connectivity index (χ4n) is 3.81. The van der Waals surface area contributed by atoms with Crippen molar-refractivity contribution < 1.29 is 9.53 Å². The van der Waals surface area contributed by atoms with Gasteiger partial charge in [0.25, 0.3) is 0 Å². The molecule has 0 spiro atoms. The lowest BCUT2D eigenvalue weighted by molar-refractivity contribution is -0.107. The number of aryl methyl sites for hydroxylation is 3. The van der Waals surface area contributed by atoms with Crippen molar-refractivity contribution in [1.82, 2.24) is 4.98 Å². The zero-order chi connectivity index (χ0) is 35.8. The highest BCUT2D eigenvalue weighted by molar-refractivity contribution is 9.10. The number of aldehydes is 1. The number of aromatic nitrogens is 1. The molecular weight excluding hydrogens is 632 g/mol. The average molecular weight is 696 g/mol. The zero-order valence-electron chi connectivity index (χ0n) is 31.2. The Hall–Kier alpha value is -3.44. The molecule has 5 heteroatoms. The van der Waals surface area contributed by atoms with Crippen LogP contribution in [-0.2, 0) is 24.2 Å². The molecule has 0 unspecified atom stereocenters. The van der Waals surface area contributed by atoms with E-state index >= 15 is 0 Å². The van der Waals surface area contributed by atoms with Crippen molar-refractivity contribution in [3.05, 3.63) is 118 Å². The van der Waals surface area contributed by atoms with Crippen molar-refractivity contribution in [2.45, 2.75) is 109 Å². The summed E-state index contributed by atoms with van der Waals surface area (Å²) in [7, 11) is 2.10. The van der Waals surface area contributed by atoms with E-state index in [0.717, 1.165) is 46.2 Å². The van der Waals surface area contributed by atoms with E-state index in [1.165, 1.54) is 11.1 Å². The van der Waals surface area contributed by atoms with Gasteiger partial charge in [-0.25, -0.2) is 4.98 Å². The van der Waals surface area contributed by atoms with Gasteiger partial charge in [0.15, 0.2) is 0 Å². The number of benzene rings is 3. The highest BCUT2D eigenvalue weighted by Crippen LogP contribution is 2.32. The van der Waals surface area contributed by atoms with Crippen LogP contribution in [0, 0.1) is 6.92 Å². The second-order valence-corrected chi connectivity index (χ2v) is 9.36. The molecule has 0 bridgehead atoms. The van der Waals surface area contributed by atoms with Crippen LogP contribution < -0.4 is 9.64 Å². The molecule has 0 aliphatic carbocycles. The van der Waals surface area contributed by atoms with Gasteiger partial charge in [0.2, 0.25) is 5.88 Å². The van der Waals surface area contributed by atoms with Crippen LogP contribution in [0.4, 0.5) is 11.4 Å². The van der Waals surface area contributed by atoms with Crippen LogP contribution in [0.25, 0.3) is 0 Å². The molecule has 4 nitrogen and oxygen atoms in total. The van der Waals surface area contributed by atoms with Crippen LogP contribution >= 0.6 is 15.9 Å². The Kier molecular flexibility index (Phi) is 33.6. The summed E-state index contributed by atoms with van der Waals surface area (Å²) in [5.41, 5.74) is 6.93. The number of pyridine rings is 1. The van der Waals surface area contributed by atoms with Gasteiger partial charge in [0.1, 0.15) is 12.9 Å². The number of anilines is 2. The number of rotatable bonds is 9. The van der Waals surface area contributed by atoms with E-state index in [1.807, 2.05) is 100 Å². The molecule has 0 radical (unpaired) electrons. The van der Waals surface area contributed by atoms with E-state index in [2.05, 4.69) is 102 Å². The van der Waals surface area contributed by atoms with Crippen molar-refractivity contribution in [3.8, 4) is 5.88 Å². The Morgan fingerprint density at radius 3 is 1.65 bits per heavy atom. The predicted octanol–water partition coefficient (Wildman–Crippen LogP) is 13.0. The second-order valence-electron chi connectivity index (χ2n) is 8.44. The third-order valence-electron chi connectivity index (χ3n) is 5.70. The second kappa shape index (κ2) is 32.9. The number of ether oxygens (including phenoxy) is 1. The molecule has 0 saturated heterocycles. The molecule has 4 aromatic rings. The smallest absolute Gasteiger partial charge is 0.213 e. The lowest BCUT2D eigenvalue weighted by Gasteiger charge is -2.24. The maximum absolute atomic E-state index is 9.17. The number of hydrogen-bond acceptors (Lipinski definition) is 4. The van der Waals surface area contributed by atoms with Gasteiger partial charge in [-0.1, -0.05) is 153 Å². The van der Waals surface area contributed by atoms with Gasteiger partial charge in [0, 0.05) is 29.7 Å². The van der Waals surface area contributed by atoms with Crippen LogP contribution in [-0.4, -0.2) is 18.3 Å². The first-order chi connectivity index (χ1) is 22.5. The lowest BCUT2D eigenvalue weighted by atomic mass is 10.1. The fraction of sp³-hybridized carbons (Fsp3) is 0.415. The molecule has 0 saturated carbocycles. The Morgan fingerprint density at radius 1 is 0.696 bits per heavy atom. The third kappa shape index (κ3) is 19.2. The van der Waals surface area contributed by atoms with E-state index in [4.69, 9.17) is 9.72 Å². The van der Waals surface area contributed by atoms with Gasteiger partial charge < -0.3 is 14.4 Å². The van der Waals surface area contributed by atoms with Crippen molar-refractivity contribution >= 4 is 33.6 Å². The van der Waals surface area contributed by atoms with Crippen LogP contribution in [0.1, 0.15) is 105 Å². The van der Waals surface area contributed by atoms with Crippen LogP contribution in [0.5, 0.6) is 5.88 Å². The number of carbonyl (C=O) groups is 1. The van der Waals surface area contributed by atoms with E-state index in [-0.39, 0.29) is 0 Å². The van der Waals surface area contributed by atoms with Gasteiger partial charge >= 0.3 is 0 Å². The molecule has 1 aromatic heterocycles. The van der Waals surface area contributed by atoms with Crippen molar-refractivity contribution in [3.63, 3.8) is 0 Å². The van der Waals surface area contributed by atoms with Crippen molar-refractivity contribution in [1.29, 1.82) is 0 Å². The first-order valence-corrected chi connectivity index (χ1v) is 17.9. The standard InChI is InChI=1S/C28H27BrN2O.C3H6O.5C2H6/c1-21-19-24(29)14-16-26(21)31(2)27-17-18-28(32-20-23-11-7-4-8-12-23)30-25(27)15-13-22-9-5-3-6-10-22;1-2-3-4;5*1-2/h3-12,14,16-19H,13,15,20H2,1-2H3;3H,2H2,1H3;5*1-2H3. The van der Waals surface area contributed by atoms with E-state index in [1.54, 1.807) is 0 Å². The monoisotopic (exact) mass is 694 g/mol. The Bertz CT molecular complexity index is 1230. The quantitative estimate of drug-likeness (QED) is 0.164. The largest absolute Gasteiger partial charge is 0.473 e. The summed E-state index contributed by atoms with van der Waals surface area (Å²) in [6.45, 7) is 24.4. The summed E-state index contributed by atoms with van der Waals surface area (Å²) in [6.07, 6.45) is 3.28. The molecule has 3 aromatic carbocycles.